The number of hydrogen-bond acceptors (Lipinski definition) is 2. The van der Waals surface area contributed by atoms with Gasteiger partial charge in [-0.1, -0.05) is 18.2 Å². The zero-order chi connectivity index (χ0) is 13.9. The van der Waals surface area contributed by atoms with Crippen LogP contribution in [0.15, 0.2) is 42.5 Å². The molecular formula is C17H18FNS. The summed E-state index contributed by atoms with van der Waals surface area (Å²) in [5, 5.41) is 0. The Kier molecular flexibility index (Phi) is 3.99. The molecule has 0 spiro atoms. The Hall–Kier alpha value is -1.45. The number of nitrogens with zero attached hydrogens (tertiary/aromatic N) is 1. The van der Waals surface area contributed by atoms with Crippen LogP contribution in [-0.2, 0) is 6.54 Å². The average molecular weight is 287 g/mol. The zero-order valence-corrected chi connectivity index (χ0v) is 12.4. The van der Waals surface area contributed by atoms with Crippen LogP contribution in [0.2, 0.25) is 0 Å². The van der Waals surface area contributed by atoms with Gasteiger partial charge in [0.25, 0.3) is 0 Å². The van der Waals surface area contributed by atoms with Crippen molar-refractivity contribution in [3.05, 3.63) is 63.6 Å². The highest BCUT2D eigenvalue weighted by Gasteiger charge is 2.13. The molecule has 3 heteroatoms. The lowest BCUT2D eigenvalue weighted by atomic mass is 9.99. The van der Waals surface area contributed by atoms with Gasteiger partial charge in [0, 0.05) is 29.4 Å². The van der Waals surface area contributed by atoms with Gasteiger partial charge in [-0.25, -0.2) is 4.39 Å². The smallest absolute Gasteiger partial charge is 0.123 e. The van der Waals surface area contributed by atoms with Crippen LogP contribution in [0, 0.1) is 12.7 Å². The minimum atomic E-state index is -0.167. The molecule has 1 aromatic heterocycles. The number of hydrogen-bond donors (Lipinski definition) is 0. The van der Waals surface area contributed by atoms with E-state index in [-0.39, 0.29) is 5.82 Å². The Morgan fingerprint density at radius 2 is 1.95 bits per heavy atom. The first-order chi connectivity index (χ1) is 9.70. The van der Waals surface area contributed by atoms with Gasteiger partial charge in [0.1, 0.15) is 5.82 Å². The Balaban J connectivity index is 1.64. The molecule has 0 N–H and O–H groups in total. The molecule has 2 heterocycles. The van der Waals surface area contributed by atoms with Crippen molar-refractivity contribution in [1.82, 2.24) is 4.90 Å². The van der Waals surface area contributed by atoms with Gasteiger partial charge in [-0.3, -0.25) is 4.90 Å². The van der Waals surface area contributed by atoms with E-state index in [1.807, 2.05) is 23.5 Å². The molecule has 1 aromatic carbocycles. The summed E-state index contributed by atoms with van der Waals surface area (Å²) in [5.41, 5.74) is 2.49. The number of aryl methyl sites for hydroxylation is 1. The second kappa shape index (κ2) is 5.90. The highest BCUT2D eigenvalue weighted by Crippen LogP contribution is 2.24. The standard InChI is InChI=1S/C17H18FNS/c1-13-2-7-17(20-13)12-19-10-8-15(9-11-19)14-3-5-16(18)6-4-14/h2-8H,9-12H2,1H3. The van der Waals surface area contributed by atoms with Gasteiger partial charge in [0.2, 0.25) is 0 Å². The van der Waals surface area contributed by atoms with Crippen molar-refractivity contribution in [2.24, 2.45) is 0 Å². The summed E-state index contributed by atoms with van der Waals surface area (Å²) < 4.78 is 12.9. The van der Waals surface area contributed by atoms with Crippen LogP contribution in [0.3, 0.4) is 0 Å². The second-order valence-corrected chi connectivity index (χ2v) is 6.61. The number of halogens is 1. The third-order valence-corrected chi connectivity index (χ3v) is 4.67. The maximum absolute atomic E-state index is 12.9. The van der Waals surface area contributed by atoms with Crippen molar-refractivity contribution in [2.75, 3.05) is 13.1 Å². The van der Waals surface area contributed by atoms with Gasteiger partial charge in [0.15, 0.2) is 0 Å². The lowest BCUT2D eigenvalue weighted by Gasteiger charge is -2.26. The normalized spacial score (nSPS) is 16.2. The predicted octanol–water partition coefficient (Wildman–Crippen LogP) is 4.48. The molecule has 0 aliphatic carbocycles. The van der Waals surface area contributed by atoms with Gasteiger partial charge >= 0.3 is 0 Å². The Bertz CT molecular complexity index is 612. The molecule has 0 radical (unpaired) electrons. The molecule has 1 nitrogen and oxygen atoms in total. The molecule has 104 valence electrons. The topological polar surface area (TPSA) is 3.24 Å². The van der Waals surface area contributed by atoms with Crippen molar-refractivity contribution in [3.8, 4) is 0 Å². The molecule has 3 rings (SSSR count). The van der Waals surface area contributed by atoms with Crippen molar-refractivity contribution in [1.29, 1.82) is 0 Å². The van der Waals surface area contributed by atoms with Crippen molar-refractivity contribution in [3.63, 3.8) is 0 Å². The van der Waals surface area contributed by atoms with Crippen molar-refractivity contribution >= 4 is 16.9 Å². The molecule has 0 saturated heterocycles. The van der Waals surface area contributed by atoms with E-state index < -0.39 is 0 Å². The first-order valence-electron chi connectivity index (χ1n) is 6.93. The molecule has 1 aliphatic heterocycles. The monoisotopic (exact) mass is 287 g/mol. The third-order valence-electron chi connectivity index (χ3n) is 3.68. The molecule has 0 fully saturated rings. The fourth-order valence-electron chi connectivity index (χ4n) is 2.57. The summed E-state index contributed by atoms with van der Waals surface area (Å²) in [4.78, 5) is 5.26. The molecule has 0 bridgehead atoms. The first-order valence-corrected chi connectivity index (χ1v) is 7.75. The average Bonchev–Trinajstić information content (AvgIpc) is 2.86. The SMILES string of the molecule is Cc1ccc(CN2CC=C(c3ccc(F)cc3)CC2)s1. The molecule has 0 saturated carbocycles. The van der Waals surface area contributed by atoms with Gasteiger partial charge in [-0.05, 0) is 48.7 Å². The highest BCUT2D eigenvalue weighted by molar-refractivity contribution is 7.11. The lowest BCUT2D eigenvalue weighted by Crippen LogP contribution is -2.27. The van der Waals surface area contributed by atoms with E-state index in [0.717, 1.165) is 31.6 Å². The Morgan fingerprint density at radius 1 is 1.15 bits per heavy atom. The van der Waals surface area contributed by atoms with Crippen LogP contribution in [0.4, 0.5) is 4.39 Å². The van der Waals surface area contributed by atoms with Gasteiger partial charge in [-0.15, -0.1) is 11.3 Å². The maximum atomic E-state index is 12.9. The Labute approximate surface area is 123 Å². The molecule has 20 heavy (non-hydrogen) atoms. The van der Waals surface area contributed by atoms with Crippen LogP contribution < -0.4 is 0 Å². The highest BCUT2D eigenvalue weighted by atomic mass is 32.1. The van der Waals surface area contributed by atoms with E-state index in [2.05, 4.69) is 30.0 Å². The third kappa shape index (κ3) is 3.17. The maximum Gasteiger partial charge on any atom is 0.123 e. The minimum Gasteiger partial charge on any atom is -0.294 e. The number of thiophene rings is 1. The summed E-state index contributed by atoms with van der Waals surface area (Å²) in [6.45, 7) is 5.23. The molecule has 0 amide bonds. The summed E-state index contributed by atoms with van der Waals surface area (Å²) in [5.74, 6) is -0.167. The Morgan fingerprint density at radius 3 is 2.55 bits per heavy atom. The molecule has 1 aliphatic rings. The van der Waals surface area contributed by atoms with Crippen molar-refractivity contribution < 1.29 is 4.39 Å². The van der Waals surface area contributed by atoms with E-state index in [1.165, 1.54) is 27.5 Å². The number of benzene rings is 1. The fraction of sp³-hybridized carbons (Fsp3) is 0.294. The van der Waals surface area contributed by atoms with E-state index in [1.54, 1.807) is 0 Å². The van der Waals surface area contributed by atoms with Crippen LogP contribution in [0.5, 0.6) is 0 Å². The van der Waals surface area contributed by atoms with Crippen LogP contribution in [0.25, 0.3) is 5.57 Å². The second-order valence-electron chi connectivity index (χ2n) is 5.23. The molecule has 2 aromatic rings. The summed E-state index contributed by atoms with van der Waals surface area (Å²) >= 11 is 1.88. The first kappa shape index (κ1) is 13.5. The number of rotatable bonds is 3. The van der Waals surface area contributed by atoms with Gasteiger partial charge in [-0.2, -0.15) is 0 Å². The quantitative estimate of drug-likeness (QED) is 0.804. The molecule has 0 atom stereocenters. The minimum absolute atomic E-state index is 0.167. The van der Waals surface area contributed by atoms with Gasteiger partial charge in [0.05, 0.1) is 0 Å². The van der Waals surface area contributed by atoms with Crippen molar-refractivity contribution in [2.45, 2.75) is 19.9 Å². The van der Waals surface area contributed by atoms with Crippen LogP contribution >= 0.6 is 11.3 Å². The van der Waals surface area contributed by atoms with E-state index in [4.69, 9.17) is 0 Å². The van der Waals surface area contributed by atoms with E-state index in [0.29, 0.717) is 0 Å². The fourth-order valence-corrected chi connectivity index (χ4v) is 3.50. The molecular weight excluding hydrogens is 269 g/mol. The van der Waals surface area contributed by atoms with Gasteiger partial charge < -0.3 is 0 Å². The zero-order valence-electron chi connectivity index (χ0n) is 11.6. The summed E-state index contributed by atoms with van der Waals surface area (Å²) in [6.07, 6.45) is 3.31. The van der Waals surface area contributed by atoms with E-state index in [9.17, 15) is 4.39 Å². The van der Waals surface area contributed by atoms with E-state index >= 15 is 0 Å². The summed E-state index contributed by atoms with van der Waals surface area (Å²) in [6, 6.07) is 11.2. The lowest BCUT2D eigenvalue weighted by molar-refractivity contribution is 0.296. The largest absolute Gasteiger partial charge is 0.294 e. The van der Waals surface area contributed by atoms with Crippen LogP contribution in [-0.4, -0.2) is 18.0 Å². The molecule has 0 unspecified atom stereocenters. The summed E-state index contributed by atoms with van der Waals surface area (Å²) in [7, 11) is 0. The predicted molar refractivity (Wildman–Crippen MR) is 83.3 cm³/mol. The van der Waals surface area contributed by atoms with Crippen LogP contribution in [0.1, 0.15) is 21.7 Å².